The van der Waals surface area contributed by atoms with Gasteiger partial charge >= 0.3 is 0 Å². The Hall–Kier alpha value is -1.55. The summed E-state index contributed by atoms with van der Waals surface area (Å²) in [6.07, 6.45) is 0.772. The molecule has 2 rings (SSSR count). The number of aliphatic hydroxyl groups is 1. The average molecular weight is 262 g/mol. The fraction of sp³-hybridized carbons (Fsp3) is 0.533. The predicted octanol–water partition coefficient (Wildman–Crippen LogP) is 1.41. The van der Waals surface area contributed by atoms with Gasteiger partial charge in [0, 0.05) is 30.8 Å². The van der Waals surface area contributed by atoms with Gasteiger partial charge in [-0.1, -0.05) is 32.0 Å². The number of aliphatic hydroxyl groups excluding tert-OH is 1. The van der Waals surface area contributed by atoms with Crippen LogP contribution < -0.4 is 10.6 Å². The van der Waals surface area contributed by atoms with Crippen LogP contribution in [0, 0.1) is 11.3 Å². The van der Waals surface area contributed by atoms with Crippen molar-refractivity contribution in [2.75, 3.05) is 25.0 Å². The highest BCUT2D eigenvalue weighted by Crippen LogP contribution is 2.24. The fourth-order valence-electron chi connectivity index (χ4n) is 2.15. The van der Waals surface area contributed by atoms with E-state index >= 15 is 0 Å². The fourth-order valence-corrected chi connectivity index (χ4v) is 2.15. The molecule has 0 fully saturated rings. The minimum Gasteiger partial charge on any atom is -0.396 e. The van der Waals surface area contributed by atoms with E-state index in [2.05, 4.69) is 16.7 Å². The van der Waals surface area contributed by atoms with Crippen LogP contribution in [0.25, 0.3) is 0 Å². The molecule has 3 N–H and O–H groups in total. The third-order valence-electron chi connectivity index (χ3n) is 3.56. The largest absolute Gasteiger partial charge is 0.396 e. The molecular weight excluding hydrogens is 240 g/mol. The Balaban J connectivity index is 1.92. The molecule has 0 radical (unpaired) electrons. The number of fused-ring (bicyclic) bond motifs is 1. The third kappa shape index (κ3) is 3.47. The van der Waals surface area contributed by atoms with Gasteiger partial charge in [0.25, 0.3) is 0 Å². The van der Waals surface area contributed by atoms with E-state index in [1.54, 1.807) is 0 Å². The van der Waals surface area contributed by atoms with Gasteiger partial charge in [0.15, 0.2) is 0 Å². The Kier molecular flexibility index (Phi) is 4.10. The molecule has 1 aromatic rings. The molecule has 0 bridgehead atoms. The Bertz CT molecular complexity index is 457. The molecule has 1 aliphatic rings. The van der Waals surface area contributed by atoms with Crippen LogP contribution in [-0.2, 0) is 11.2 Å². The van der Waals surface area contributed by atoms with Crippen molar-refractivity contribution < 1.29 is 9.90 Å². The van der Waals surface area contributed by atoms with E-state index in [4.69, 9.17) is 0 Å². The molecule has 1 amide bonds. The Labute approximate surface area is 114 Å². The first kappa shape index (κ1) is 13.9. The number of para-hydroxylation sites is 1. The summed E-state index contributed by atoms with van der Waals surface area (Å²) in [5.41, 5.74) is 2.05. The molecule has 4 heteroatoms. The highest BCUT2D eigenvalue weighted by molar-refractivity contribution is 5.80. The Morgan fingerprint density at radius 1 is 1.47 bits per heavy atom. The number of rotatable bonds is 4. The highest BCUT2D eigenvalue weighted by atomic mass is 16.3. The SMILES string of the molecule is CC(C)(CO)CNC(=O)C1CNc2ccccc2C1. The van der Waals surface area contributed by atoms with Gasteiger partial charge in [0.1, 0.15) is 0 Å². The lowest BCUT2D eigenvalue weighted by Crippen LogP contribution is -2.42. The quantitative estimate of drug-likeness (QED) is 0.769. The van der Waals surface area contributed by atoms with Crippen LogP contribution in [0.4, 0.5) is 5.69 Å². The summed E-state index contributed by atoms with van der Waals surface area (Å²) in [5.74, 6) is 0.0212. The first-order valence-corrected chi connectivity index (χ1v) is 6.72. The summed E-state index contributed by atoms with van der Waals surface area (Å²) in [6, 6.07) is 8.09. The van der Waals surface area contributed by atoms with E-state index in [0.29, 0.717) is 13.1 Å². The van der Waals surface area contributed by atoms with Gasteiger partial charge < -0.3 is 15.7 Å². The first-order chi connectivity index (χ1) is 9.02. The van der Waals surface area contributed by atoms with Crippen molar-refractivity contribution in [1.29, 1.82) is 0 Å². The van der Waals surface area contributed by atoms with Gasteiger partial charge in [0.2, 0.25) is 5.91 Å². The number of anilines is 1. The van der Waals surface area contributed by atoms with Gasteiger partial charge in [-0.2, -0.15) is 0 Å². The topological polar surface area (TPSA) is 61.4 Å². The molecule has 1 heterocycles. The van der Waals surface area contributed by atoms with Crippen LogP contribution >= 0.6 is 0 Å². The smallest absolute Gasteiger partial charge is 0.225 e. The van der Waals surface area contributed by atoms with E-state index in [-0.39, 0.29) is 23.8 Å². The van der Waals surface area contributed by atoms with Crippen molar-refractivity contribution in [3.63, 3.8) is 0 Å². The van der Waals surface area contributed by atoms with Crippen molar-refractivity contribution in [3.8, 4) is 0 Å². The number of carbonyl (C=O) groups is 1. The van der Waals surface area contributed by atoms with Crippen LogP contribution in [0.5, 0.6) is 0 Å². The number of hydrogen-bond donors (Lipinski definition) is 3. The van der Waals surface area contributed by atoms with Crippen molar-refractivity contribution in [1.82, 2.24) is 5.32 Å². The minimum atomic E-state index is -0.268. The van der Waals surface area contributed by atoms with Crippen LogP contribution in [0.1, 0.15) is 19.4 Å². The van der Waals surface area contributed by atoms with Gasteiger partial charge in [-0.3, -0.25) is 4.79 Å². The van der Waals surface area contributed by atoms with Crippen LogP contribution in [-0.4, -0.2) is 30.7 Å². The molecule has 0 spiro atoms. The maximum absolute atomic E-state index is 12.1. The molecule has 1 aliphatic heterocycles. The predicted molar refractivity (Wildman–Crippen MR) is 76.0 cm³/mol. The Morgan fingerprint density at radius 3 is 2.95 bits per heavy atom. The van der Waals surface area contributed by atoms with Gasteiger partial charge in [0.05, 0.1) is 5.92 Å². The van der Waals surface area contributed by atoms with Gasteiger partial charge in [-0.25, -0.2) is 0 Å². The van der Waals surface area contributed by atoms with E-state index in [0.717, 1.165) is 12.1 Å². The number of nitrogens with one attached hydrogen (secondary N) is 2. The van der Waals surface area contributed by atoms with Gasteiger partial charge in [-0.15, -0.1) is 0 Å². The molecule has 1 aromatic carbocycles. The molecular formula is C15H22N2O2. The zero-order valence-electron chi connectivity index (χ0n) is 11.6. The molecule has 0 saturated heterocycles. The van der Waals surface area contributed by atoms with E-state index in [1.165, 1.54) is 5.56 Å². The lowest BCUT2D eigenvalue weighted by molar-refractivity contribution is -0.125. The van der Waals surface area contributed by atoms with Crippen molar-refractivity contribution >= 4 is 11.6 Å². The molecule has 19 heavy (non-hydrogen) atoms. The summed E-state index contributed by atoms with van der Waals surface area (Å²) >= 11 is 0. The molecule has 1 atom stereocenters. The molecule has 104 valence electrons. The number of amides is 1. The number of carbonyl (C=O) groups excluding carboxylic acids is 1. The molecule has 1 unspecified atom stereocenters. The first-order valence-electron chi connectivity index (χ1n) is 6.72. The standard InChI is InChI=1S/C15H22N2O2/c1-15(2,10-18)9-17-14(19)12-7-11-5-3-4-6-13(11)16-8-12/h3-6,12,16,18H,7-10H2,1-2H3,(H,17,19). The van der Waals surface area contributed by atoms with E-state index < -0.39 is 0 Å². The Morgan fingerprint density at radius 2 is 2.21 bits per heavy atom. The zero-order valence-corrected chi connectivity index (χ0v) is 11.6. The molecule has 4 nitrogen and oxygen atoms in total. The summed E-state index contributed by atoms with van der Waals surface area (Å²) in [5, 5.41) is 15.4. The zero-order chi connectivity index (χ0) is 13.9. The minimum absolute atomic E-state index is 0.0376. The summed E-state index contributed by atoms with van der Waals surface area (Å²) in [7, 11) is 0. The summed E-state index contributed by atoms with van der Waals surface area (Å²) in [4.78, 5) is 12.1. The average Bonchev–Trinajstić information content (AvgIpc) is 2.44. The highest BCUT2D eigenvalue weighted by Gasteiger charge is 2.25. The second-order valence-electron chi connectivity index (χ2n) is 5.98. The maximum atomic E-state index is 12.1. The van der Waals surface area contributed by atoms with Crippen LogP contribution in [0.3, 0.4) is 0 Å². The number of hydrogen-bond acceptors (Lipinski definition) is 3. The van der Waals surface area contributed by atoms with Crippen molar-refractivity contribution in [3.05, 3.63) is 29.8 Å². The summed E-state index contributed by atoms with van der Waals surface area (Å²) in [6.45, 7) is 5.10. The third-order valence-corrected chi connectivity index (χ3v) is 3.56. The molecule has 0 aliphatic carbocycles. The summed E-state index contributed by atoms with van der Waals surface area (Å²) < 4.78 is 0. The van der Waals surface area contributed by atoms with Crippen LogP contribution in [0.2, 0.25) is 0 Å². The van der Waals surface area contributed by atoms with Crippen molar-refractivity contribution in [2.24, 2.45) is 11.3 Å². The van der Waals surface area contributed by atoms with E-state index in [1.807, 2.05) is 32.0 Å². The lowest BCUT2D eigenvalue weighted by atomic mass is 9.91. The normalized spacial score (nSPS) is 18.4. The molecule has 0 aromatic heterocycles. The van der Waals surface area contributed by atoms with Crippen LogP contribution in [0.15, 0.2) is 24.3 Å². The van der Waals surface area contributed by atoms with Crippen molar-refractivity contribution in [2.45, 2.75) is 20.3 Å². The second-order valence-corrected chi connectivity index (χ2v) is 5.98. The molecule has 0 saturated carbocycles. The monoisotopic (exact) mass is 262 g/mol. The van der Waals surface area contributed by atoms with Gasteiger partial charge in [-0.05, 0) is 18.1 Å². The van der Waals surface area contributed by atoms with E-state index in [9.17, 15) is 9.90 Å². The maximum Gasteiger partial charge on any atom is 0.225 e. The second kappa shape index (κ2) is 5.61. The number of benzene rings is 1. The lowest BCUT2D eigenvalue weighted by Gasteiger charge is -2.27.